The molecule has 0 aromatic heterocycles. The van der Waals surface area contributed by atoms with Gasteiger partial charge in [0.1, 0.15) is 0 Å². The molecule has 3 saturated heterocycles. The van der Waals surface area contributed by atoms with Gasteiger partial charge in [-0.1, -0.05) is 12.1 Å². The molecule has 0 radical (unpaired) electrons. The molecule has 1 aliphatic carbocycles. The number of rotatable bonds is 1. The van der Waals surface area contributed by atoms with E-state index in [-0.39, 0.29) is 11.4 Å². The van der Waals surface area contributed by atoms with Crippen LogP contribution < -0.4 is 0 Å². The molecule has 22 heavy (non-hydrogen) atoms. The summed E-state index contributed by atoms with van der Waals surface area (Å²) in [6, 6.07) is -4.72. The van der Waals surface area contributed by atoms with E-state index in [1.54, 1.807) is 0 Å². The Hall–Kier alpha value is -1.35. The molecule has 5 aliphatic rings. The van der Waals surface area contributed by atoms with Gasteiger partial charge in [0, 0.05) is 44.2 Å². The third-order valence-corrected chi connectivity index (χ3v) is 4.36. The summed E-state index contributed by atoms with van der Waals surface area (Å²) in [6.07, 6.45) is -6.90. The Morgan fingerprint density at radius 1 is 1.32 bits per heavy atom. The monoisotopic (exact) mass is 311 g/mol. The number of hydrogen-bond acceptors (Lipinski definition) is 2. The fourth-order valence-electron chi connectivity index (χ4n) is 3.28. The fourth-order valence-corrected chi connectivity index (χ4v) is 3.28. The minimum atomic E-state index is -3.18. The zero-order valence-corrected chi connectivity index (χ0v) is 11.7. The van der Waals surface area contributed by atoms with Crippen LogP contribution >= 0.6 is 0 Å². The fraction of sp³-hybridized carbons (Fsp3) is 0.632. The van der Waals surface area contributed by atoms with E-state index in [9.17, 15) is 6.17 Å². The van der Waals surface area contributed by atoms with Crippen molar-refractivity contribution < 1.29 is 25.4 Å². The zero-order valence-electron chi connectivity index (χ0n) is 26.7. The second-order valence-corrected chi connectivity index (χ2v) is 5.64. The van der Waals surface area contributed by atoms with Crippen LogP contribution in [-0.4, -0.2) is 47.8 Å². The molecule has 1 aromatic rings. The van der Waals surface area contributed by atoms with E-state index in [0.29, 0.717) is 4.90 Å². The average Bonchev–Trinajstić information content (AvgIpc) is 2.74. The first-order valence-corrected chi connectivity index (χ1v) is 7.31. The summed E-state index contributed by atoms with van der Waals surface area (Å²) < 4.78 is 129. The van der Waals surface area contributed by atoms with Gasteiger partial charge in [0.15, 0.2) is 0 Å². The molecule has 1 unspecified atom stereocenters. The molecule has 2 bridgehead atoms. The third kappa shape index (κ3) is 1.81. The summed E-state index contributed by atoms with van der Waals surface area (Å²) >= 11 is 0. The van der Waals surface area contributed by atoms with Crippen molar-refractivity contribution >= 4 is 5.91 Å². The zero-order chi connectivity index (χ0) is 28.1. The Labute approximate surface area is 153 Å². The Bertz CT molecular complexity index is 1250. The van der Waals surface area contributed by atoms with Crippen molar-refractivity contribution in [1.82, 2.24) is 9.80 Å². The number of piperidine rings is 3. The molecule has 0 saturated carbocycles. The van der Waals surface area contributed by atoms with Gasteiger partial charge in [-0.2, -0.15) is 0 Å². The van der Waals surface area contributed by atoms with Gasteiger partial charge in [-0.3, -0.25) is 4.79 Å². The van der Waals surface area contributed by atoms with Crippen LogP contribution in [0.1, 0.15) is 73.6 Å². The average molecular weight is 312 g/mol. The van der Waals surface area contributed by atoms with E-state index >= 15 is 0 Å². The highest BCUT2D eigenvalue weighted by Crippen LogP contribution is 2.41. The highest BCUT2D eigenvalue weighted by Gasteiger charge is 2.43. The van der Waals surface area contributed by atoms with Crippen molar-refractivity contribution in [3.8, 4) is 0 Å². The molecule has 116 valence electrons. The van der Waals surface area contributed by atoms with Gasteiger partial charge in [-0.25, -0.2) is 0 Å². The SMILES string of the molecule is [2H]c1c([2H])c2c3c(c1[2H])C([2H])([2H])CC[C@]3([2H])C([2H])([2H])N([C@@H]1C([2H])([2H])N3CC[C@]1([2H])C([2H])([2H])C3([2H])[2H])C2=O. The number of fused-ring (bicyclic) bond motifs is 3. The van der Waals surface area contributed by atoms with Crippen molar-refractivity contribution in [1.29, 1.82) is 0 Å². The lowest BCUT2D eigenvalue weighted by Gasteiger charge is -2.51. The molecule has 3 heteroatoms. The third-order valence-electron chi connectivity index (χ3n) is 4.36. The largest absolute Gasteiger partial charge is 0.333 e. The number of carbonyl (C=O) groups is 1. The Kier molecular flexibility index (Phi) is 1.11. The van der Waals surface area contributed by atoms with Crippen LogP contribution in [-0.2, 0) is 6.37 Å². The first-order valence-electron chi connectivity index (χ1n) is 14.8. The van der Waals surface area contributed by atoms with E-state index in [4.69, 9.17) is 19.2 Å². The highest BCUT2D eigenvalue weighted by molar-refractivity contribution is 5.97. The van der Waals surface area contributed by atoms with Crippen LogP contribution in [0.2, 0.25) is 0 Å². The van der Waals surface area contributed by atoms with Gasteiger partial charge >= 0.3 is 0 Å². The molecule has 4 aliphatic heterocycles. The molecule has 1 amide bonds. The Balaban J connectivity index is 1.86. The summed E-state index contributed by atoms with van der Waals surface area (Å²) in [5.74, 6) is -6.68. The van der Waals surface area contributed by atoms with Crippen LogP contribution in [0, 0.1) is 5.89 Å². The molecular formula is C19H24N2O. The molecule has 0 N–H and O–H groups in total. The Morgan fingerprint density at radius 2 is 2.27 bits per heavy atom. The van der Waals surface area contributed by atoms with Crippen molar-refractivity contribution in [2.24, 2.45) is 5.89 Å². The first kappa shape index (κ1) is 5.07. The van der Waals surface area contributed by atoms with Gasteiger partial charge in [0.05, 0.1) is 6.85 Å². The van der Waals surface area contributed by atoms with Gasteiger partial charge < -0.3 is 9.80 Å². The van der Waals surface area contributed by atoms with Crippen molar-refractivity contribution in [2.75, 3.05) is 26.0 Å². The van der Waals surface area contributed by atoms with Crippen LogP contribution in [0.4, 0.5) is 0 Å². The normalized spacial score (nSPS) is 64.5. The van der Waals surface area contributed by atoms with Crippen molar-refractivity contribution in [2.45, 2.75) is 43.9 Å². The lowest BCUT2D eigenvalue weighted by molar-refractivity contribution is 0.00258. The van der Waals surface area contributed by atoms with Crippen LogP contribution in [0.3, 0.4) is 0 Å². The standard InChI is InChI=1S/C19H24N2O/c22-19-16-6-2-4-14-3-1-5-15(18(14)16)11-21(19)17-12-20-9-7-13(17)8-10-20/h2,4,6,13,15,17H,1,3,5,7-12H2/t15-,17-/m1/s1/i2D,3D2,4D,6D,7D2,9D2,11D2,12D2,13D,15D/t13-,15+,17+/m0. The van der Waals surface area contributed by atoms with Gasteiger partial charge in [0.2, 0.25) is 0 Å². The number of benzene rings is 1. The minimum Gasteiger partial charge on any atom is -0.333 e. The minimum absolute atomic E-state index is 0.236. The number of hydrogen-bond donors (Lipinski definition) is 0. The Morgan fingerprint density at radius 3 is 3.23 bits per heavy atom. The van der Waals surface area contributed by atoms with E-state index < -0.39 is 110 Å². The molecule has 4 heterocycles. The highest BCUT2D eigenvalue weighted by atomic mass is 16.2. The molecule has 4 atom stereocenters. The van der Waals surface area contributed by atoms with E-state index in [2.05, 4.69) is 0 Å². The summed E-state index contributed by atoms with van der Waals surface area (Å²) in [5.41, 5.74) is -1.85. The lowest BCUT2D eigenvalue weighted by Crippen LogP contribution is -2.60. The predicted molar refractivity (Wildman–Crippen MR) is 86.1 cm³/mol. The summed E-state index contributed by atoms with van der Waals surface area (Å²) in [5, 5.41) is 0. The van der Waals surface area contributed by atoms with E-state index in [0.717, 1.165) is 0 Å². The molecule has 3 fully saturated rings. The molecule has 0 spiro atoms. The summed E-state index contributed by atoms with van der Waals surface area (Å²) in [7, 11) is 0. The number of carbonyl (C=O) groups excluding carboxylic acids is 1. The number of amides is 1. The lowest BCUT2D eigenvalue weighted by atomic mass is 9.75. The molecular weight excluding hydrogens is 272 g/mol. The summed E-state index contributed by atoms with van der Waals surface area (Å²) in [6.45, 7) is -9.53. The second kappa shape index (κ2) is 4.82. The molecule has 3 nitrogen and oxygen atoms in total. The molecule has 1 aromatic carbocycles. The van der Waals surface area contributed by atoms with E-state index in [1.165, 1.54) is 0 Å². The quantitative estimate of drug-likeness (QED) is 0.796. The maximum atomic E-state index is 14.0. The first-order chi connectivity index (χ1) is 16.5. The van der Waals surface area contributed by atoms with Crippen LogP contribution in [0.25, 0.3) is 0 Å². The molecule has 6 rings (SSSR count). The van der Waals surface area contributed by atoms with Crippen LogP contribution in [0.5, 0.6) is 0 Å². The van der Waals surface area contributed by atoms with Crippen molar-refractivity contribution in [3.05, 3.63) is 34.8 Å². The van der Waals surface area contributed by atoms with Crippen molar-refractivity contribution in [3.63, 3.8) is 0 Å². The van der Waals surface area contributed by atoms with Gasteiger partial charge in [0.25, 0.3) is 5.91 Å². The van der Waals surface area contributed by atoms with Crippen LogP contribution in [0.15, 0.2) is 18.1 Å². The summed E-state index contributed by atoms with van der Waals surface area (Å²) in [4.78, 5) is 14.8. The van der Waals surface area contributed by atoms with Gasteiger partial charge in [-0.15, -0.1) is 0 Å². The van der Waals surface area contributed by atoms with E-state index in [1.807, 2.05) is 0 Å². The topological polar surface area (TPSA) is 23.6 Å². The number of nitrogens with zero attached hydrogens (tertiary/aromatic N) is 2. The maximum absolute atomic E-state index is 14.0. The second-order valence-electron chi connectivity index (χ2n) is 5.64. The predicted octanol–water partition coefficient (Wildman–Crippen LogP) is 2.66. The van der Waals surface area contributed by atoms with Gasteiger partial charge in [-0.05, 0) is 68.1 Å². The maximum Gasteiger partial charge on any atom is 0.254 e. The smallest absolute Gasteiger partial charge is 0.254 e.